The number of hydrogen-bond acceptors (Lipinski definition) is 3. The largest absolute Gasteiger partial charge is 0.396 e. The van der Waals surface area contributed by atoms with E-state index in [1.807, 2.05) is 0 Å². The lowest BCUT2D eigenvalue weighted by Gasteiger charge is -1.95. The van der Waals surface area contributed by atoms with Crippen LogP contribution < -0.4 is 0 Å². The number of hydrogen-bond donors (Lipinski definition) is 1. The minimum Gasteiger partial charge on any atom is -0.396 e. The van der Waals surface area contributed by atoms with Crippen LogP contribution in [0.3, 0.4) is 0 Å². The molecule has 0 saturated carbocycles. The Kier molecular flexibility index (Phi) is 3.53. The van der Waals surface area contributed by atoms with Crippen LogP contribution in [0.5, 0.6) is 0 Å². The van der Waals surface area contributed by atoms with E-state index in [1.165, 1.54) is 23.5 Å². The Bertz CT molecular complexity index is 500. The quantitative estimate of drug-likeness (QED) is 0.916. The average molecular weight is 258 g/mol. The molecular weight excluding hydrogens is 249 g/mol. The molecular formula is C11H9ClFNOS. The van der Waals surface area contributed by atoms with Crippen molar-refractivity contribution < 1.29 is 9.50 Å². The molecule has 1 heterocycles. The molecule has 0 fully saturated rings. The number of thiazole rings is 1. The van der Waals surface area contributed by atoms with Crippen LogP contribution in [0.25, 0.3) is 10.6 Å². The minimum atomic E-state index is -0.299. The molecule has 0 aliphatic carbocycles. The van der Waals surface area contributed by atoms with Crippen LogP contribution in [-0.2, 0) is 6.42 Å². The van der Waals surface area contributed by atoms with Gasteiger partial charge >= 0.3 is 0 Å². The third-order valence-corrected chi connectivity index (χ3v) is 3.45. The lowest BCUT2D eigenvalue weighted by Crippen LogP contribution is -1.91. The number of aromatic nitrogens is 1. The Morgan fingerprint density at radius 1 is 1.44 bits per heavy atom. The van der Waals surface area contributed by atoms with Crippen molar-refractivity contribution in [3.63, 3.8) is 0 Å². The van der Waals surface area contributed by atoms with Crippen molar-refractivity contribution in [2.45, 2.75) is 6.42 Å². The van der Waals surface area contributed by atoms with Crippen molar-refractivity contribution in [3.05, 3.63) is 40.1 Å². The van der Waals surface area contributed by atoms with Crippen LogP contribution >= 0.6 is 22.9 Å². The molecule has 0 spiro atoms. The predicted molar refractivity (Wildman–Crippen MR) is 63.3 cm³/mol. The summed E-state index contributed by atoms with van der Waals surface area (Å²) >= 11 is 7.26. The summed E-state index contributed by atoms with van der Waals surface area (Å²) in [5.74, 6) is -0.299. The summed E-state index contributed by atoms with van der Waals surface area (Å²) in [7, 11) is 0. The van der Waals surface area contributed by atoms with Gasteiger partial charge in [0.05, 0.1) is 5.69 Å². The van der Waals surface area contributed by atoms with Gasteiger partial charge in [-0.1, -0.05) is 23.7 Å². The van der Waals surface area contributed by atoms with Crippen LogP contribution in [0.2, 0.25) is 4.34 Å². The second kappa shape index (κ2) is 4.91. The second-order valence-electron chi connectivity index (χ2n) is 3.22. The van der Waals surface area contributed by atoms with Gasteiger partial charge in [0.1, 0.15) is 15.2 Å². The molecule has 0 amide bonds. The van der Waals surface area contributed by atoms with Gasteiger partial charge in [-0.15, -0.1) is 11.3 Å². The molecule has 1 N–H and O–H groups in total. The standard InChI is InChI=1S/C11H9ClFNOS/c12-10-9(4-5-15)14-11(16-10)7-2-1-3-8(13)6-7/h1-3,6,15H,4-5H2. The van der Waals surface area contributed by atoms with Crippen LogP contribution in [0, 0.1) is 5.82 Å². The Balaban J connectivity index is 2.37. The number of nitrogens with zero attached hydrogens (tertiary/aromatic N) is 1. The first-order chi connectivity index (χ1) is 7.70. The van der Waals surface area contributed by atoms with Gasteiger partial charge in [0.2, 0.25) is 0 Å². The van der Waals surface area contributed by atoms with Crippen molar-refractivity contribution in [1.82, 2.24) is 4.98 Å². The molecule has 0 aliphatic heterocycles. The normalized spacial score (nSPS) is 10.7. The van der Waals surface area contributed by atoms with Gasteiger partial charge < -0.3 is 5.11 Å². The van der Waals surface area contributed by atoms with Crippen LogP contribution in [0.1, 0.15) is 5.69 Å². The minimum absolute atomic E-state index is 0.00600. The van der Waals surface area contributed by atoms with Crippen molar-refractivity contribution in [1.29, 1.82) is 0 Å². The van der Waals surface area contributed by atoms with Crippen molar-refractivity contribution in [2.75, 3.05) is 6.61 Å². The van der Waals surface area contributed by atoms with E-state index in [-0.39, 0.29) is 12.4 Å². The highest BCUT2D eigenvalue weighted by Gasteiger charge is 2.10. The maximum atomic E-state index is 13.0. The average Bonchev–Trinajstić information content (AvgIpc) is 2.61. The summed E-state index contributed by atoms with van der Waals surface area (Å²) in [6.07, 6.45) is 0.421. The van der Waals surface area contributed by atoms with E-state index in [2.05, 4.69) is 4.98 Å². The highest BCUT2D eigenvalue weighted by Crippen LogP contribution is 2.32. The second-order valence-corrected chi connectivity index (χ2v) is 4.82. The highest BCUT2D eigenvalue weighted by atomic mass is 35.5. The van der Waals surface area contributed by atoms with E-state index in [1.54, 1.807) is 12.1 Å². The van der Waals surface area contributed by atoms with Gasteiger partial charge in [0.25, 0.3) is 0 Å². The smallest absolute Gasteiger partial charge is 0.125 e. The number of rotatable bonds is 3. The van der Waals surface area contributed by atoms with Gasteiger partial charge in [-0.2, -0.15) is 0 Å². The molecule has 1 aromatic carbocycles. The third kappa shape index (κ3) is 2.40. The van der Waals surface area contributed by atoms with Crippen molar-refractivity contribution >= 4 is 22.9 Å². The van der Waals surface area contributed by atoms with Crippen molar-refractivity contribution in [2.24, 2.45) is 0 Å². The third-order valence-electron chi connectivity index (χ3n) is 2.07. The number of halogens is 2. The summed E-state index contributed by atoms with van der Waals surface area (Å²) in [5, 5.41) is 9.49. The number of aliphatic hydroxyl groups is 1. The summed E-state index contributed by atoms with van der Waals surface area (Å²) in [6, 6.07) is 6.21. The molecule has 2 rings (SSSR count). The molecule has 2 nitrogen and oxygen atoms in total. The first-order valence-corrected chi connectivity index (χ1v) is 5.92. The van der Waals surface area contributed by atoms with E-state index in [0.717, 1.165) is 0 Å². The van der Waals surface area contributed by atoms with E-state index in [4.69, 9.17) is 16.7 Å². The van der Waals surface area contributed by atoms with E-state index >= 15 is 0 Å². The Morgan fingerprint density at radius 2 is 2.25 bits per heavy atom. The Hall–Kier alpha value is -0.970. The van der Waals surface area contributed by atoms with E-state index in [0.29, 0.717) is 27.0 Å². The first kappa shape index (κ1) is 11.5. The van der Waals surface area contributed by atoms with Gasteiger partial charge in [0.15, 0.2) is 0 Å². The molecule has 16 heavy (non-hydrogen) atoms. The molecule has 0 saturated heterocycles. The summed E-state index contributed by atoms with van der Waals surface area (Å²) in [6.45, 7) is 0.00600. The fraction of sp³-hybridized carbons (Fsp3) is 0.182. The number of benzene rings is 1. The lowest BCUT2D eigenvalue weighted by molar-refractivity contribution is 0.298. The highest BCUT2D eigenvalue weighted by molar-refractivity contribution is 7.19. The zero-order valence-corrected chi connectivity index (χ0v) is 9.85. The zero-order chi connectivity index (χ0) is 11.5. The first-order valence-electron chi connectivity index (χ1n) is 4.72. The van der Waals surface area contributed by atoms with Gasteiger partial charge in [-0.25, -0.2) is 9.37 Å². The fourth-order valence-electron chi connectivity index (χ4n) is 1.34. The van der Waals surface area contributed by atoms with Gasteiger partial charge in [0, 0.05) is 18.6 Å². The lowest BCUT2D eigenvalue weighted by atomic mass is 10.2. The molecule has 0 aliphatic rings. The summed E-state index contributed by atoms with van der Waals surface area (Å²) in [5.41, 5.74) is 1.37. The number of aliphatic hydroxyl groups excluding tert-OH is 1. The Labute approximate surface area is 101 Å². The molecule has 84 valence electrons. The van der Waals surface area contributed by atoms with E-state index < -0.39 is 0 Å². The van der Waals surface area contributed by atoms with Crippen molar-refractivity contribution in [3.8, 4) is 10.6 Å². The van der Waals surface area contributed by atoms with Gasteiger partial charge in [-0.05, 0) is 12.1 Å². The summed E-state index contributed by atoms with van der Waals surface area (Å²) in [4.78, 5) is 4.27. The topological polar surface area (TPSA) is 33.1 Å². The summed E-state index contributed by atoms with van der Waals surface area (Å²) < 4.78 is 13.6. The Morgan fingerprint density at radius 3 is 2.94 bits per heavy atom. The fourth-order valence-corrected chi connectivity index (χ4v) is 2.53. The molecule has 0 bridgehead atoms. The maximum Gasteiger partial charge on any atom is 0.125 e. The molecule has 1 aromatic heterocycles. The van der Waals surface area contributed by atoms with Crippen LogP contribution in [0.4, 0.5) is 4.39 Å². The molecule has 5 heteroatoms. The molecule has 0 atom stereocenters. The van der Waals surface area contributed by atoms with Crippen LogP contribution in [0.15, 0.2) is 24.3 Å². The molecule has 0 unspecified atom stereocenters. The maximum absolute atomic E-state index is 13.0. The van der Waals surface area contributed by atoms with E-state index in [9.17, 15) is 4.39 Å². The molecule has 0 radical (unpaired) electrons. The van der Waals surface area contributed by atoms with Gasteiger partial charge in [-0.3, -0.25) is 0 Å². The zero-order valence-electron chi connectivity index (χ0n) is 8.28. The van der Waals surface area contributed by atoms with Crippen LogP contribution in [-0.4, -0.2) is 16.7 Å². The predicted octanol–water partition coefficient (Wildman–Crippen LogP) is 3.14. The molecule has 2 aromatic rings. The SMILES string of the molecule is OCCc1nc(-c2cccc(F)c2)sc1Cl. The monoisotopic (exact) mass is 257 g/mol.